The van der Waals surface area contributed by atoms with Crippen molar-refractivity contribution in [1.82, 2.24) is 9.80 Å². The van der Waals surface area contributed by atoms with Crippen molar-refractivity contribution in [3.63, 3.8) is 0 Å². The Morgan fingerprint density at radius 3 is 2.41 bits per heavy atom. The van der Waals surface area contributed by atoms with Gasteiger partial charge in [0.15, 0.2) is 11.5 Å². The van der Waals surface area contributed by atoms with E-state index in [2.05, 4.69) is 0 Å². The standard InChI is InChI=1S/C24H27FN2O5/c1-26(12-11-16-9-10-19(31-3)20(13-16)32-4)21(28)14-24(15-22(29)27(2)23(24)30)17-7-5-6-8-18(17)25/h5-10,13H,11-12,14-15H2,1-4H3. The number of carbonyl (C=O) groups excluding carboxylic acids is 3. The number of carbonyl (C=O) groups is 3. The molecular formula is C24H27FN2O5. The van der Waals surface area contributed by atoms with Crippen molar-refractivity contribution < 1.29 is 28.2 Å². The molecule has 1 saturated heterocycles. The van der Waals surface area contributed by atoms with Gasteiger partial charge in [-0.05, 0) is 30.2 Å². The maximum Gasteiger partial charge on any atom is 0.240 e. The van der Waals surface area contributed by atoms with Gasteiger partial charge in [-0.25, -0.2) is 4.39 Å². The minimum absolute atomic E-state index is 0.0735. The third-order valence-corrected chi connectivity index (χ3v) is 5.99. The molecule has 170 valence electrons. The maximum absolute atomic E-state index is 14.6. The van der Waals surface area contributed by atoms with E-state index >= 15 is 0 Å². The van der Waals surface area contributed by atoms with Gasteiger partial charge >= 0.3 is 0 Å². The van der Waals surface area contributed by atoms with Crippen molar-refractivity contribution >= 4 is 17.7 Å². The molecule has 1 atom stereocenters. The summed E-state index contributed by atoms with van der Waals surface area (Å²) in [5.74, 6) is -0.736. The van der Waals surface area contributed by atoms with Gasteiger partial charge in [0, 0.05) is 39.0 Å². The zero-order chi connectivity index (χ0) is 23.5. The lowest BCUT2D eigenvalue weighted by molar-refractivity contribution is -0.141. The zero-order valence-corrected chi connectivity index (χ0v) is 18.7. The molecule has 0 bridgehead atoms. The number of ether oxygens (including phenoxy) is 2. The van der Waals surface area contributed by atoms with Crippen molar-refractivity contribution in [3.05, 3.63) is 59.4 Å². The van der Waals surface area contributed by atoms with Crippen LogP contribution in [0.2, 0.25) is 0 Å². The highest BCUT2D eigenvalue weighted by atomic mass is 19.1. The molecule has 1 aliphatic heterocycles. The number of likely N-dealkylation sites (N-methyl/N-ethyl adjacent to an activating group) is 2. The van der Waals surface area contributed by atoms with Gasteiger partial charge in [-0.2, -0.15) is 0 Å². The van der Waals surface area contributed by atoms with Crippen molar-refractivity contribution in [2.45, 2.75) is 24.7 Å². The second-order valence-electron chi connectivity index (χ2n) is 7.93. The number of likely N-dealkylation sites (tertiary alicyclic amines) is 1. The summed E-state index contributed by atoms with van der Waals surface area (Å²) in [5, 5.41) is 0. The van der Waals surface area contributed by atoms with Crippen molar-refractivity contribution in [3.8, 4) is 11.5 Å². The summed E-state index contributed by atoms with van der Waals surface area (Å²) in [4.78, 5) is 40.8. The van der Waals surface area contributed by atoms with Crippen LogP contribution in [0.1, 0.15) is 24.0 Å². The average Bonchev–Trinajstić information content (AvgIpc) is 3.01. The minimum atomic E-state index is -1.54. The maximum atomic E-state index is 14.6. The topological polar surface area (TPSA) is 76.2 Å². The van der Waals surface area contributed by atoms with Crippen molar-refractivity contribution in [2.24, 2.45) is 0 Å². The number of hydrogen-bond donors (Lipinski definition) is 0. The summed E-state index contributed by atoms with van der Waals surface area (Å²) in [6.07, 6.45) is 0.0197. The van der Waals surface area contributed by atoms with E-state index in [1.165, 1.54) is 30.1 Å². The summed E-state index contributed by atoms with van der Waals surface area (Å²) in [5.41, 5.74) is -0.520. The van der Waals surface area contributed by atoms with Crippen LogP contribution in [0.5, 0.6) is 11.5 Å². The molecule has 0 aromatic heterocycles. The van der Waals surface area contributed by atoms with Gasteiger partial charge < -0.3 is 14.4 Å². The summed E-state index contributed by atoms with van der Waals surface area (Å²) in [6.45, 7) is 0.375. The van der Waals surface area contributed by atoms with Crippen LogP contribution in [-0.2, 0) is 26.2 Å². The first kappa shape index (κ1) is 23.2. The van der Waals surface area contributed by atoms with Gasteiger partial charge in [0.2, 0.25) is 17.7 Å². The molecule has 1 aliphatic rings. The fourth-order valence-electron chi connectivity index (χ4n) is 4.03. The molecule has 3 amide bonds. The molecule has 7 nitrogen and oxygen atoms in total. The van der Waals surface area contributed by atoms with E-state index in [4.69, 9.17) is 9.47 Å². The summed E-state index contributed by atoms with van der Waals surface area (Å²) >= 11 is 0. The first-order valence-electron chi connectivity index (χ1n) is 10.2. The Hall–Kier alpha value is -3.42. The molecule has 0 spiro atoms. The molecule has 0 aliphatic carbocycles. The predicted molar refractivity (Wildman–Crippen MR) is 116 cm³/mol. The highest BCUT2D eigenvalue weighted by molar-refractivity contribution is 6.10. The molecule has 0 saturated carbocycles. The van der Waals surface area contributed by atoms with E-state index in [1.807, 2.05) is 12.1 Å². The van der Waals surface area contributed by atoms with Crippen molar-refractivity contribution in [1.29, 1.82) is 0 Å². The van der Waals surface area contributed by atoms with E-state index in [0.29, 0.717) is 24.5 Å². The zero-order valence-electron chi connectivity index (χ0n) is 18.7. The predicted octanol–water partition coefficient (Wildman–Crippen LogP) is 2.56. The molecular weight excluding hydrogens is 415 g/mol. The number of halogens is 1. The van der Waals surface area contributed by atoms with Crippen LogP contribution in [0.15, 0.2) is 42.5 Å². The first-order valence-corrected chi connectivity index (χ1v) is 10.2. The Balaban J connectivity index is 1.78. The monoisotopic (exact) mass is 442 g/mol. The summed E-state index contributed by atoms with van der Waals surface area (Å²) < 4.78 is 25.2. The number of benzene rings is 2. The molecule has 0 N–H and O–H groups in total. The van der Waals surface area contributed by atoms with Gasteiger partial charge in [-0.15, -0.1) is 0 Å². The number of amides is 3. The lowest BCUT2D eigenvalue weighted by atomic mass is 9.75. The van der Waals surface area contributed by atoms with Gasteiger partial charge in [0.25, 0.3) is 0 Å². The second kappa shape index (κ2) is 9.38. The van der Waals surface area contributed by atoms with E-state index in [-0.39, 0.29) is 24.3 Å². The van der Waals surface area contributed by atoms with Gasteiger partial charge in [-0.1, -0.05) is 24.3 Å². The Labute approximate surface area is 186 Å². The van der Waals surface area contributed by atoms with E-state index < -0.39 is 23.0 Å². The molecule has 0 radical (unpaired) electrons. The third kappa shape index (κ3) is 4.30. The normalized spacial score (nSPS) is 18.1. The van der Waals surface area contributed by atoms with E-state index in [1.54, 1.807) is 33.4 Å². The van der Waals surface area contributed by atoms with Crippen LogP contribution >= 0.6 is 0 Å². The number of methoxy groups -OCH3 is 2. The molecule has 2 aromatic rings. The highest BCUT2D eigenvalue weighted by Gasteiger charge is 2.53. The van der Waals surface area contributed by atoms with Crippen molar-refractivity contribution in [2.75, 3.05) is 34.9 Å². The van der Waals surface area contributed by atoms with Crippen LogP contribution in [0, 0.1) is 5.82 Å². The SMILES string of the molecule is COc1ccc(CCN(C)C(=O)CC2(c3ccccc3F)CC(=O)N(C)C2=O)cc1OC. The highest BCUT2D eigenvalue weighted by Crippen LogP contribution is 2.40. The number of rotatable bonds is 8. The quantitative estimate of drug-likeness (QED) is 0.588. The molecule has 1 fully saturated rings. The van der Waals surface area contributed by atoms with Crippen LogP contribution < -0.4 is 9.47 Å². The average molecular weight is 442 g/mol. The van der Waals surface area contributed by atoms with Crippen LogP contribution in [0.25, 0.3) is 0 Å². The molecule has 1 unspecified atom stereocenters. The smallest absolute Gasteiger partial charge is 0.240 e. The van der Waals surface area contributed by atoms with Crippen LogP contribution in [0.4, 0.5) is 4.39 Å². The van der Waals surface area contributed by atoms with Crippen LogP contribution in [0.3, 0.4) is 0 Å². The Morgan fingerprint density at radius 1 is 1.12 bits per heavy atom. The van der Waals surface area contributed by atoms with Gasteiger partial charge in [0.1, 0.15) is 5.82 Å². The number of imide groups is 1. The lowest BCUT2D eigenvalue weighted by Gasteiger charge is -2.29. The summed E-state index contributed by atoms with van der Waals surface area (Å²) in [6, 6.07) is 11.3. The first-order chi connectivity index (χ1) is 15.2. The summed E-state index contributed by atoms with van der Waals surface area (Å²) in [7, 11) is 6.10. The Morgan fingerprint density at radius 2 is 1.81 bits per heavy atom. The van der Waals surface area contributed by atoms with E-state index in [9.17, 15) is 18.8 Å². The molecule has 8 heteroatoms. The Bertz CT molecular complexity index is 1040. The largest absolute Gasteiger partial charge is 0.493 e. The molecule has 3 rings (SSSR count). The fraction of sp³-hybridized carbons (Fsp3) is 0.375. The molecule has 1 heterocycles. The van der Waals surface area contributed by atoms with Gasteiger partial charge in [0.05, 0.1) is 19.6 Å². The number of nitrogens with zero attached hydrogens (tertiary/aromatic N) is 2. The third-order valence-electron chi connectivity index (χ3n) is 5.99. The van der Waals surface area contributed by atoms with Crippen LogP contribution in [-0.4, -0.2) is 62.4 Å². The second-order valence-corrected chi connectivity index (χ2v) is 7.93. The fourth-order valence-corrected chi connectivity index (χ4v) is 4.03. The van der Waals surface area contributed by atoms with E-state index in [0.717, 1.165) is 10.5 Å². The minimum Gasteiger partial charge on any atom is -0.493 e. The number of hydrogen-bond acceptors (Lipinski definition) is 5. The van der Waals surface area contributed by atoms with Gasteiger partial charge in [-0.3, -0.25) is 19.3 Å². The Kier molecular flexibility index (Phi) is 6.81. The molecule has 32 heavy (non-hydrogen) atoms. The molecule has 2 aromatic carbocycles. The lowest BCUT2D eigenvalue weighted by Crippen LogP contribution is -2.42.